The molecule has 4 aromatic rings. The normalized spacial score (nSPS) is 13.1. The molecule has 0 bridgehead atoms. The second-order valence-electron chi connectivity index (χ2n) is 12.9. The summed E-state index contributed by atoms with van der Waals surface area (Å²) in [7, 11) is 2.62. The molecule has 0 spiro atoms. The molecule has 5 amide bonds. The van der Waals surface area contributed by atoms with Gasteiger partial charge in [0.05, 0.1) is 13.5 Å². The fraction of sp³-hybridized carbons (Fsp3) is 0.350. The number of nitrogens with two attached hydrogens (primary N) is 1. The van der Waals surface area contributed by atoms with E-state index < -0.39 is 66.3 Å². The first-order chi connectivity index (χ1) is 26.0. The quantitative estimate of drug-likeness (QED) is 0.0902. The molecule has 0 unspecified atom stereocenters. The van der Waals surface area contributed by atoms with Gasteiger partial charge >= 0.3 is 12.1 Å². The van der Waals surface area contributed by atoms with Crippen LogP contribution in [0.5, 0.6) is 0 Å². The Morgan fingerprint density at radius 2 is 1.41 bits per heavy atom. The minimum absolute atomic E-state index is 0.0682. The number of carbonyl (C=O) groups excluding carboxylic acids is 6. The van der Waals surface area contributed by atoms with E-state index >= 15 is 0 Å². The molecule has 0 saturated carbocycles. The number of ether oxygens (including phenoxy) is 2. The number of esters is 1. The van der Waals surface area contributed by atoms with Gasteiger partial charge < -0.3 is 41.0 Å². The lowest BCUT2D eigenvalue weighted by atomic mass is 10.0. The van der Waals surface area contributed by atoms with E-state index in [0.717, 1.165) is 27.6 Å². The Kier molecular flexibility index (Phi) is 15.2. The molecule has 0 fully saturated rings. The minimum atomic E-state index is -1.50. The maximum atomic E-state index is 14.1. The maximum absolute atomic E-state index is 14.1. The predicted molar refractivity (Wildman–Crippen MR) is 201 cm³/mol. The summed E-state index contributed by atoms with van der Waals surface area (Å²) in [6.07, 6.45) is 1.91. The van der Waals surface area contributed by atoms with E-state index in [0.29, 0.717) is 12.8 Å². The molecule has 1 heterocycles. The summed E-state index contributed by atoms with van der Waals surface area (Å²) in [6, 6.07) is 20.5. The van der Waals surface area contributed by atoms with Gasteiger partial charge in [-0.2, -0.15) is 0 Å². The van der Waals surface area contributed by atoms with E-state index in [1.54, 1.807) is 60.8 Å². The number of fused-ring (bicyclic) bond motifs is 1. The van der Waals surface area contributed by atoms with Gasteiger partial charge in [0.25, 0.3) is 0 Å². The van der Waals surface area contributed by atoms with E-state index in [1.807, 2.05) is 37.3 Å². The minimum Gasteiger partial charge on any atom is -0.461 e. The van der Waals surface area contributed by atoms with E-state index in [1.165, 1.54) is 19.1 Å². The summed E-state index contributed by atoms with van der Waals surface area (Å²) in [4.78, 5) is 84.4. The van der Waals surface area contributed by atoms with Crippen LogP contribution in [0.15, 0.2) is 91.1 Å². The van der Waals surface area contributed by atoms with Crippen LogP contribution in [0.2, 0.25) is 0 Å². The summed E-state index contributed by atoms with van der Waals surface area (Å²) in [5, 5.41) is 8.69. The average Bonchev–Trinajstić information content (AvgIpc) is 3.59. The first kappa shape index (κ1) is 40.6. The summed E-state index contributed by atoms with van der Waals surface area (Å²) >= 11 is 0. The molecular formula is C40H48N6O8. The zero-order valence-corrected chi connectivity index (χ0v) is 30.7. The number of H-pyrrole nitrogens is 1. The van der Waals surface area contributed by atoms with Crippen molar-refractivity contribution in [3.05, 3.63) is 108 Å². The van der Waals surface area contributed by atoms with Crippen molar-refractivity contribution in [2.24, 2.45) is 5.73 Å². The number of likely N-dealkylation sites (N-methyl/N-ethyl adjacent to an activating group) is 1. The van der Waals surface area contributed by atoms with Gasteiger partial charge in [0, 0.05) is 37.0 Å². The molecule has 14 heteroatoms. The van der Waals surface area contributed by atoms with Gasteiger partial charge in [0.15, 0.2) is 0 Å². The van der Waals surface area contributed by atoms with Crippen molar-refractivity contribution < 1.29 is 38.2 Å². The second kappa shape index (κ2) is 20.2. The number of para-hydroxylation sites is 1. The molecule has 4 rings (SSSR count). The molecule has 0 aliphatic heterocycles. The SMILES string of the molecule is CCCC[C@@H](C(=O)N[C@@H](CC(=O)OCc1ccccc1)C(=O)N[C@@H](Cc1ccccc1)C(N)=O)N(C)C(=O)[C@H](Cc1c[nH]c2ccccc12)NC(=O)OC. The number of benzene rings is 3. The summed E-state index contributed by atoms with van der Waals surface area (Å²) < 4.78 is 10.2. The summed E-state index contributed by atoms with van der Waals surface area (Å²) in [5.74, 6) is -3.74. The Bertz CT molecular complexity index is 1880. The van der Waals surface area contributed by atoms with Gasteiger partial charge in [-0.3, -0.25) is 24.0 Å². The topological polar surface area (TPSA) is 202 Å². The highest BCUT2D eigenvalue weighted by molar-refractivity contribution is 5.97. The standard InChI is InChI=1S/C40H48N6O8/c1-4-5-20-34(46(2)39(51)33(45-40(52)53-3)22-28-24-42-30-19-13-12-18-29(28)30)38(50)44-32(23-35(47)54-25-27-16-10-7-11-17-27)37(49)43-31(36(41)48)21-26-14-8-6-9-15-26/h6-19,24,31-34,42H,4-5,20-23,25H2,1-3H3,(H2,41,48)(H,43,49)(H,44,50)(H,45,52)/t31-,32-,33-,34-/m0/s1. The first-order valence-electron chi connectivity index (χ1n) is 17.8. The van der Waals surface area contributed by atoms with Gasteiger partial charge in [0.1, 0.15) is 30.8 Å². The van der Waals surface area contributed by atoms with Gasteiger partial charge in [-0.05, 0) is 29.2 Å². The van der Waals surface area contributed by atoms with Gasteiger partial charge in [-0.1, -0.05) is 98.6 Å². The van der Waals surface area contributed by atoms with Crippen LogP contribution >= 0.6 is 0 Å². The van der Waals surface area contributed by atoms with Gasteiger partial charge in [-0.25, -0.2) is 4.79 Å². The van der Waals surface area contributed by atoms with Gasteiger partial charge in [-0.15, -0.1) is 0 Å². The fourth-order valence-corrected chi connectivity index (χ4v) is 6.00. The highest BCUT2D eigenvalue weighted by atomic mass is 16.5. The molecule has 286 valence electrons. The van der Waals surface area contributed by atoms with Crippen molar-refractivity contribution in [2.75, 3.05) is 14.2 Å². The first-order valence-corrected chi connectivity index (χ1v) is 17.8. The van der Waals surface area contributed by atoms with E-state index in [-0.39, 0.29) is 25.9 Å². The second-order valence-corrected chi connectivity index (χ2v) is 12.9. The Balaban J connectivity index is 1.57. The van der Waals surface area contributed by atoms with Gasteiger partial charge in [0.2, 0.25) is 23.6 Å². The molecule has 14 nitrogen and oxygen atoms in total. The van der Waals surface area contributed by atoms with Crippen molar-refractivity contribution >= 4 is 46.6 Å². The fourth-order valence-electron chi connectivity index (χ4n) is 6.00. The number of amides is 5. The Morgan fingerprint density at radius 3 is 2.06 bits per heavy atom. The summed E-state index contributed by atoms with van der Waals surface area (Å²) in [6.45, 7) is 1.85. The number of rotatable bonds is 19. The van der Waals surface area contributed by atoms with Crippen LogP contribution in [-0.2, 0) is 52.9 Å². The van der Waals surface area contributed by atoms with Crippen molar-refractivity contribution in [3.63, 3.8) is 0 Å². The Morgan fingerprint density at radius 1 is 0.778 bits per heavy atom. The number of carbonyl (C=O) groups is 6. The highest BCUT2D eigenvalue weighted by Gasteiger charge is 2.36. The molecule has 0 radical (unpaired) electrons. The molecule has 0 saturated heterocycles. The Hall–Kier alpha value is -6.18. The molecule has 3 aromatic carbocycles. The molecule has 0 aliphatic rings. The Labute approximate surface area is 314 Å². The number of alkyl carbamates (subject to hydrolysis) is 1. The third kappa shape index (κ3) is 11.7. The number of nitrogens with one attached hydrogen (secondary N) is 4. The van der Waals surface area contributed by atoms with Crippen molar-refractivity contribution in [2.45, 2.75) is 76.2 Å². The van der Waals surface area contributed by atoms with Crippen molar-refractivity contribution in [3.8, 4) is 0 Å². The van der Waals surface area contributed by atoms with Crippen molar-refractivity contribution in [1.82, 2.24) is 25.8 Å². The van der Waals surface area contributed by atoms with Crippen LogP contribution < -0.4 is 21.7 Å². The largest absolute Gasteiger partial charge is 0.461 e. The summed E-state index contributed by atoms with van der Waals surface area (Å²) in [5.41, 5.74) is 8.71. The molecule has 4 atom stereocenters. The number of aromatic amines is 1. The highest BCUT2D eigenvalue weighted by Crippen LogP contribution is 2.21. The van der Waals surface area contributed by atoms with Crippen LogP contribution in [0.25, 0.3) is 10.9 Å². The number of nitrogens with zero attached hydrogens (tertiary/aromatic N) is 1. The van der Waals surface area contributed by atoms with Crippen LogP contribution in [0.3, 0.4) is 0 Å². The number of methoxy groups -OCH3 is 1. The van der Waals surface area contributed by atoms with Crippen LogP contribution in [-0.4, -0.2) is 83.9 Å². The number of hydrogen-bond acceptors (Lipinski definition) is 8. The lowest BCUT2D eigenvalue weighted by Crippen LogP contribution is -2.59. The zero-order valence-electron chi connectivity index (χ0n) is 30.7. The average molecular weight is 741 g/mol. The van der Waals surface area contributed by atoms with Crippen molar-refractivity contribution in [1.29, 1.82) is 0 Å². The number of primary amides is 1. The number of unbranched alkanes of at least 4 members (excludes halogenated alkanes) is 1. The smallest absolute Gasteiger partial charge is 0.407 e. The molecular weight excluding hydrogens is 692 g/mol. The van der Waals surface area contributed by atoms with E-state index in [2.05, 4.69) is 20.9 Å². The predicted octanol–water partition coefficient (Wildman–Crippen LogP) is 3.28. The van der Waals surface area contributed by atoms with E-state index in [9.17, 15) is 28.8 Å². The lowest BCUT2D eigenvalue weighted by molar-refractivity contribution is -0.148. The number of hydrogen-bond donors (Lipinski definition) is 5. The zero-order chi connectivity index (χ0) is 39.0. The van der Waals surface area contributed by atoms with Crippen LogP contribution in [0.1, 0.15) is 49.3 Å². The number of aromatic nitrogens is 1. The monoisotopic (exact) mass is 740 g/mol. The third-order valence-corrected chi connectivity index (χ3v) is 9.01. The maximum Gasteiger partial charge on any atom is 0.407 e. The molecule has 6 N–H and O–H groups in total. The lowest BCUT2D eigenvalue weighted by Gasteiger charge is -2.32. The molecule has 1 aromatic heterocycles. The molecule has 0 aliphatic carbocycles. The van der Waals surface area contributed by atoms with Crippen LogP contribution in [0, 0.1) is 0 Å². The van der Waals surface area contributed by atoms with Crippen LogP contribution in [0.4, 0.5) is 4.79 Å². The van der Waals surface area contributed by atoms with E-state index in [4.69, 9.17) is 15.2 Å². The third-order valence-electron chi connectivity index (χ3n) is 9.01. The molecule has 54 heavy (non-hydrogen) atoms.